The van der Waals surface area contributed by atoms with Gasteiger partial charge in [-0.1, -0.05) is 0 Å². The first kappa shape index (κ1) is 9.18. The Hall–Kier alpha value is -0.390. The summed E-state index contributed by atoms with van der Waals surface area (Å²) in [5.74, 6) is 0. The van der Waals surface area contributed by atoms with E-state index >= 15 is 0 Å². The molecular weight excluding hydrogens is 234 g/mol. The van der Waals surface area contributed by atoms with E-state index in [4.69, 9.17) is 5.73 Å². The van der Waals surface area contributed by atoms with E-state index < -0.39 is 5.60 Å². The zero-order valence-electron chi connectivity index (χ0n) is 7.42. The summed E-state index contributed by atoms with van der Waals surface area (Å²) in [5.41, 5.74) is 6.64. The van der Waals surface area contributed by atoms with Crippen molar-refractivity contribution in [3.8, 4) is 0 Å². The fraction of sp³-hybridized carbons (Fsp3) is 0.625. The summed E-state index contributed by atoms with van der Waals surface area (Å²) in [6.45, 7) is 0.254. The third kappa shape index (κ3) is 1.14. The number of nitrogens with two attached hydrogens (primary N) is 1. The van der Waals surface area contributed by atoms with Crippen LogP contribution in [0.4, 0.5) is 0 Å². The third-order valence-corrected chi connectivity index (χ3v) is 3.26. The van der Waals surface area contributed by atoms with Gasteiger partial charge in [0.2, 0.25) is 0 Å². The average molecular weight is 246 g/mol. The van der Waals surface area contributed by atoms with E-state index in [1.165, 1.54) is 0 Å². The normalized spacial score (nSPS) is 26.5. The number of hydrogen-bond acceptors (Lipinski definition) is 3. The van der Waals surface area contributed by atoms with Crippen LogP contribution >= 0.6 is 15.9 Å². The second-order valence-corrected chi connectivity index (χ2v) is 4.22. The molecule has 1 aliphatic rings. The van der Waals surface area contributed by atoms with Crippen LogP contribution < -0.4 is 5.73 Å². The number of aryl methyl sites for hydroxylation is 1. The molecule has 0 radical (unpaired) electrons. The molecule has 0 aliphatic heterocycles. The molecule has 0 saturated carbocycles. The molecule has 13 heavy (non-hydrogen) atoms. The lowest BCUT2D eigenvalue weighted by Crippen LogP contribution is -2.32. The summed E-state index contributed by atoms with van der Waals surface area (Å²) in [6.07, 6.45) is 1.54. The van der Waals surface area contributed by atoms with Crippen molar-refractivity contribution in [1.82, 2.24) is 9.78 Å². The minimum absolute atomic E-state index is 0.254. The van der Waals surface area contributed by atoms with Crippen LogP contribution in [0.3, 0.4) is 0 Å². The van der Waals surface area contributed by atoms with Gasteiger partial charge in [0.1, 0.15) is 10.2 Å². The summed E-state index contributed by atoms with van der Waals surface area (Å²) in [6, 6.07) is 0. The van der Waals surface area contributed by atoms with E-state index in [2.05, 4.69) is 21.0 Å². The average Bonchev–Trinajstić information content (AvgIpc) is 2.56. The van der Waals surface area contributed by atoms with E-state index in [1.54, 1.807) is 4.68 Å². The lowest BCUT2D eigenvalue weighted by atomic mass is 9.99. The van der Waals surface area contributed by atoms with Crippen LogP contribution in [0.2, 0.25) is 0 Å². The second-order valence-electron chi connectivity index (χ2n) is 3.47. The Labute approximate surface area is 84.9 Å². The zero-order valence-corrected chi connectivity index (χ0v) is 9.00. The molecular formula is C8H12BrN3O. The lowest BCUT2D eigenvalue weighted by molar-refractivity contribution is 0.0472. The Morgan fingerprint density at radius 3 is 3.08 bits per heavy atom. The van der Waals surface area contributed by atoms with E-state index in [1.807, 2.05) is 7.05 Å². The van der Waals surface area contributed by atoms with Gasteiger partial charge in [-0.2, -0.15) is 5.10 Å². The highest BCUT2D eigenvalue weighted by Crippen LogP contribution is 2.39. The van der Waals surface area contributed by atoms with Crippen LogP contribution in [0.5, 0.6) is 0 Å². The Bertz CT molecular complexity index is 349. The van der Waals surface area contributed by atoms with Gasteiger partial charge >= 0.3 is 0 Å². The molecule has 0 bridgehead atoms. The Morgan fingerprint density at radius 2 is 2.46 bits per heavy atom. The minimum Gasteiger partial charge on any atom is -0.384 e. The van der Waals surface area contributed by atoms with Gasteiger partial charge in [-0.05, 0) is 28.8 Å². The molecule has 3 N–H and O–H groups in total. The molecule has 4 nitrogen and oxygen atoms in total. The van der Waals surface area contributed by atoms with Crippen LogP contribution in [0.1, 0.15) is 17.7 Å². The Balaban J connectivity index is 2.58. The van der Waals surface area contributed by atoms with E-state index in [-0.39, 0.29) is 6.54 Å². The standard InChI is InChI=1S/C8H12BrN3O/c1-12-5-2-3-8(13,4-10)6(5)7(9)11-12/h13H,2-4,10H2,1H3. The van der Waals surface area contributed by atoms with E-state index in [9.17, 15) is 5.11 Å². The van der Waals surface area contributed by atoms with Gasteiger partial charge in [-0.3, -0.25) is 4.68 Å². The molecule has 1 unspecified atom stereocenters. The highest BCUT2D eigenvalue weighted by Gasteiger charge is 2.40. The van der Waals surface area contributed by atoms with Crippen molar-refractivity contribution < 1.29 is 5.11 Å². The highest BCUT2D eigenvalue weighted by molar-refractivity contribution is 9.10. The van der Waals surface area contributed by atoms with Crippen molar-refractivity contribution in [3.05, 3.63) is 15.9 Å². The van der Waals surface area contributed by atoms with Crippen molar-refractivity contribution in [1.29, 1.82) is 0 Å². The fourth-order valence-corrected chi connectivity index (χ4v) is 2.76. The van der Waals surface area contributed by atoms with Crippen LogP contribution in [0.15, 0.2) is 4.60 Å². The number of fused-ring (bicyclic) bond motifs is 1. The van der Waals surface area contributed by atoms with Crippen LogP contribution in [-0.4, -0.2) is 21.4 Å². The fourth-order valence-electron chi connectivity index (χ4n) is 1.92. The molecule has 1 aliphatic carbocycles. The van der Waals surface area contributed by atoms with Gasteiger partial charge in [-0.15, -0.1) is 0 Å². The molecule has 0 fully saturated rings. The smallest absolute Gasteiger partial charge is 0.134 e. The van der Waals surface area contributed by atoms with Crippen molar-refractivity contribution >= 4 is 15.9 Å². The van der Waals surface area contributed by atoms with Gasteiger partial charge in [0.15, 0.2) is 0 Å². The van der Waals surface area contributed by atoms with Crippen molar-refractivity contribution in [2.75, 3.05) is 6.54 Å². The van der Waals surface area contributed by atoms with Gasteiger partial charge in [0, 0.05) is 24.8 Å². The van der Waals surface area contributed by atoms with E-state index in [0.29, 0.717) is 6.42 Å². The molecule has 5 heteroatoms. The van der Waals surface area contributed by atoms with Crippen LogP contribution in [0, 0.1) is 0 Å². The predicted octanol–water partition coefficient (Wildman–Crippen LogP) is 0.275. The quantitative estimate of drug-likeness (QED) is 0.747. The summed E-state index contributed by atoms with van der Waals surface area (Å²) in [4.78, 5) is 0. The predicted molar refractivity (Wildman–Crippen MR) is 52.2 cm³/mol. The summed E-state index contributed by atoms with van der Waals surface area (Å²) in [5, 5.41) is 14.3. The SMILES string of the molecule is Cn1nc(Br)c2c1CCC2(O)CN. The maximum absolute atomic E-state index is 10.1. The van der Waals surface area contributed by atoms with Gasteiger partial charge in [-0.25, -0.2) is 0 Å². The highest BCUT2D eigenvalue weighted by atomic mass is 79.9. The molecule has 0 saturated heterocycles. The number of aliphatic hydroxyl groups is 1. The first-order valence-electron chi connectivity index (χ1n) is 4.23. The van der Waals surface area contributed by atoms with Gasteiger partial charge in [0.05, 0.1) is 0 Å². The van der Waals surface area contributed by atoms with Crippen LogP contribution in [0.25, 0.3) is 0 Å². The number of hydrogen-bond donors (Lipinski definition) is 2. The molecule has 1 heterocycles. The molecule has 1 aromatic rings. The number of rotatable bonds is 1. The summed E-state index contributed by atoms with van der Waals surface area (Å²) in [7, 11) is 1.88. The van der Waals surface area contributed by atoms with Crippen molar-refractivity contribution in [3.63, 3.8) is 0 Å². The zero-order chi connectivity index (χ0) is 9.64. The summed E-state index contributed by atoms with van der Waals surface area (Å²) < 4.78 is 2.52. The van der Waals surface area contributed by atoms with E-state index in [0.717, 1.165) is 22.3 Å². The molecule has 72 valence electrons. The third-order valence-electron chi connectivity index (χ3n) is 2.70. The molecule has 1 aromatic heterocycles. The number of nitrogens with zero attached hydrogens (tertiary/aromatic N) is 2. The first-order chi connectivity index (χ1) is 6.08. The van der Waals surface area contributed by atoms with Crippen molar-refractivity contribution in [2.45, 2.75) is 18.4 Å². The molecule has 0 spiro atoms. The molecule has 2 rings (SSSR count). The van der Waals surface area contributed by atoms with Crippen LogP contribution in [-0.2, 0) is 19.1 Å². The first-order valence-corrected chi connectivity index (χ1v) is 5.02. The number of aromatic nitrogens is 2. The Kier molecular flexibility index (Phi) is 1.98. The Morgan fingerprint density at radius 1 is 1.77 bits per heavy atom. The summed E-state index contributed by atoms with van der Waals surface area (Å²) >= 11 is 3.34. The largest absolute Gasteiger partial charge is 0.384 e. The van der Waals surface area contributed by atoms with Crippen molar-refractivity contribution in [2.24, 2.45) is 12.8 Å². The number of halogens is 1. The van der Waals surface area contributed by atoms with Gasteiger partial charge in [0.25, 0.3) is 0 Å². The molecule has 1 atom stereocenters. The topological polar surface area (TPSA) is 64.1 Å². The second kappa shape index (κ2) is 2.80. The maximum atomic E-state index is 10.1. The van der Waals surface area contributed by atoms with Gasteiger partial charge < -0.3 is 10.8 Å². The molecule has 0 amide bonds. The maximum Gasteiger partial charge on any atom is 0.134 e. The monoisotopic (exact) mass is 245 g/mol. The lowest BCUT2D eigenvalue weighted by Gasteiger charge is -2.20. The molecule has 0 aromatic carbocycles. The minimum atomic E-state index is -0.873.